The lowest BCUT2D eigenvalue weighted by atomic mass is 10.1. The number of furan rings is 1. The summed E-state index contributed by atoms with van der Waals surface area (Å²) in [5, 5.41) is 0.725. The molecule has 1 aliphatic heterocycles. The molecule has 34 heavy (non-hydrogen) atoms. The van der Waals surface area contributed by atoms with E-state index >= 15 is 0 Å². The summed E-state index contributed by atoms with van der Waals surface area (Å²) in [4.78, 5) is 27.4. The molecule has 1 aliphatic rings. The SMILES string of the molecule is COc1cccc2cc(C(=O)Oc3ccc4c(c3)O/C(=C\c3ccc(N(C)C)cc3)C4=O)oc12. The van der Waals surface area contributed by atoms with Crippen molar-refractivity contribution in [2.75, 3.05) is 26.1 Å². The highest BCUT2D eigenvalue weighted by molar-refractivity contribution is 6.14. The second-order valence-corrected chi connectivity index (χ2v) is 7.96. The van der Waals surface area contributed by atoms with E-state index in [-0.39, 0.29) is 23.1 Å². The number of carbonyl (C=O) groups excluding carboxylic acids is 2. The first-order valence-electron chi connectivity index (χ1n) is 10.6. The molecule has 0 aliphatic carbocycles. The van der Waals surface area contributed by atoms with Gasteiger partial charge in [-0.2, -0.15) is 0 Å². The second-order valence-electron chi connectivity index (χ2n) is 7.96. The fraction of sp³-hybridized carbons (Fsp3) is 0.111. The summed E-state index contributed by atoms with van der Waals surface area (Å²) in [7, 11) is 5.45. The smallest absolute Gasteiger partial charge is 0.379 e. The fourth-order valence-electron chi connectivity index (χ4n) is 3.71. The minimum absolute atomic E-state index is 0.0405. The van der Waals surface area contributed by atoms with Crippen LogP contribution in [0.1, 0.15) is 26.5 Å². The molecule has 7 heteroatoms. The Bertz CT molecular complexity index is 1450. The maximum atomic E-state index is 12.8. The molecule has 7 nitrogen and oxygen atoms in total. The quantitative estimate of drug-likeness (QED) is 0.228. The van der Waals surface area contributed by atoms with Crippen LogP contribution in [0.5, 0.6) is 17.2 Å². The van der Waals surface area contributed by atoms with Gasteiger partial charge in [0.05, 0.1) is 12.7 Å². The molecule has 0 saturated carbocycles. The van der Waals surface area contributed by atoms with Gasteiger partial charge in [0.1, 0.15) is 11.5 Å². The summed E-state index contributed by atoms with van der Waals surface area (Å²) >= 11 is 0. The van der Waals surface area contributed by atoms with Crippen molar-refractivity contribution < 1.29 is 28.2 Å². The number of para-hydroxylation sites is 1. The second kappa shape index (κ2) is 8.44. The molecule has 0 atom stereocenters. The zero-order valence-corrected chi connectivity index (χ0v) is 18.8. The predicted octanol–water partition coefficient (Wildman–Crippen LogP) is 5.34. The van der Waals surface area contributed by atoms with Crippen molar-refractivity contribution in [1.29, 1.82) is 0 Å². The van der Waals surface area contributed by atoms with Crippen LogP contribution < -0.4 is 19.1 Å². The van der Waals surface area contributed by atoms with Crippen molar-refractivity contribution in [3.8, 4) is 17.2 Å². The van der Waals surface area contributed by atoms with Crippen molar-refractivity contribution in [3.63, 3.8) is 0 Å². The molecule has 0 radical (unpaired) electrons. The first-order valence-corrected chi connectivity index (χ1v) is 10.6. The average molecular weight is 455 g/mol. The van der Waals surface area contributed by atoms with Crippen LogP contribution in [-0.4, -0.2) is 33.0 Å². The molecule has 0 unspecified atom stereocenters. The molecular weight excluding hydrogens is 434 g/mol. The van der Waals surface area contributed by atoms with Crippen LogP contribution in [0.15, 0.2) is 76.9 Å². The summed E-state index contributed by atoms with van der Waals surface area (Å²) in [6.45, 7) is 0. The third-order valence-electron chi connectivity index (χ3n) is 5.49. The Balaban J connectivity index is 1.35. The Kier molecular flexibility index (Phi) is 5.30. The molecule has 0 spiro atoms. The van der Waals surface area contributed by atoms with Crippen LogP contribution in [-0.2, 0) is 0 Å². The zero-order valence-electron chi connectivity index (χ0n) is 18.8. The van der Waals surface area contributed by atoms with E-state index in [9.17, 15) is 9.59 Å². The monoisotopic (exact) mass is 455 g/mol. The predicted molar refractivity (Wildman–Crippen MR) is 128 cm³/mol. The Hall–Kier alpha value is -4.52. The summed E-state index contributed by atoms with van der Waals surface area (Å²) in [6, 6.07) is 19.4. The van der Waals surface area contributed by atoms with Gasteiger partial charge in [-0.1, -0.05) is 24.3 Å². The standard InChI is InChI=1S/C27H21NO6/c1-28(2)18-9-7-16(8-10-18)13-23-25(29)20-12-11-19(15-22(20)33-23)32-27(30)24-14-17-5-4-6-21(31-3)26(17)34-24/h4-15H,1-3H3/b23-13-. The van der Waals surface area contributed by atoms with E-state index in [0.29, 0.717) is 22.6 Å². The maximum Gasteiger partial charge on any atom is 0.379 e. The molecule has 5 rings (SSSR count). The van der Waals surface area contributed by atoms with E-state index in [2.05, 4.69) is 0 Å². The van der Waals surface area contributed by atoms with Crippen molar-refractivity contribution in [2.24, 2.45) is 0 Å². The summed E-state index contributed by atoms with van der Waals surface area (Å²) in [6.07, 6.45) is 1.69. The van der Waals surface area contributed by atoms with Crippen molar-refractivity contribution >= 4 is 34.5 Å². The summed E-state index contributed by atoms with van der Waals surface area (Å²) < 4.78 is 22.2. The van der Waals surface area contributed by atoms with Gasteiger partial charge < -0.3 is 23.5 Å². The Labute approximate surface area is 195 Å². The Morgan fingerprint density at radius 3 is 2.53 bits per heavy atom. The Morgan fingerprint density at radius 2 is 1.79 bits per heavy atom. The van der Waals surface area contributed by atoms with E-state index in [4.69, 9.17) is 18.6 Å². The van der Waals surface area contributed by atoms with Gasteiger partial charge in [-0.25, -0.2) is 4.79 Å². The number of nitrogens with zero attached hydrogens (tertiary/aromatic N) is 1. The van der Waals surface area contributed by atoms with Crippen molar-refractivity contribution in [2.45, 2.75) is 0 Å². The number of hydrogen-bond acceptors (Lipinski definition) is 7. The number of rotatable bonds is 5. The van der Waals surface area contributed by atoms with Crippen LogP contribution in [0, 0.1) is 0 Å². The van der Waals surface area contributed by atoms with Gasteiger partial charge in [-0.05, 0) is 48.0 Å². The van der Waals surface area contributed by atoms with Crippen molar-refractivity contribution in [1.82, 2.24) is 0 Å². The van der Waals surface area contributed by atoms with Gasteiger partial charge in [-0.15, -0.1) is 0 Å². The minimum Gasteiger partial charge on any atom is -0.493 e. The zero-order chi connectivity index (χ0) is 23.8. The molecule has 170 valence electrons. The molecule has 4 aromatic rings. The maximum absolute atomic E-state index is 12.8. The third-order valence-corrected chi connectivity index (χ3v) is 5.49. The first kappa shape index (κ1) is 21.3. The number of carbonyl (C=O) groups is 2. The van der Waals surface area contributed by atoms with Gasteiger partial charge in [0.2, 0.25) is 11.5 Å². The molecule has 0 bridgehead atoms. The number of hydrogen-bond donors (Lipinski definition) is 0. The molecule has 1 aromatic heterocycles. The van der Waals surface area contributed by atoms with E-state index in [1.807, 2.05) is 55.4 Å². The van der Waals surface area contributed by atoms with Gasteiger partial charge in [-0.3, -0.25) is 4.79 Å². The molecule has 0 amide bonds. The van der Waals surface area contributed by atoms with Crippen molar-refractivity contribution in [3.05, 3.63) is 89.4 Å². The van der Waals surface area contributed by atoms with Gasteiger partial charge in [0.25, 0.3) is 0 Å². The molecule has 3 aromatic carbocycles. The van der Waals surface area contributed by atoms with E-state index in [1.54, 1.807) is 30.3 Å². The van der Waals surface area contributed by atoms with Gasteiger partial charge >= 0.3 is 5.97 Å². The summed E-state index contributed by atoms with van der Waals surface area (Å²) in [5.74, 6) is 0.447. The number of methoxy groups -OCH3 is 1. The normalized spacial score (nSPS) is 13.6. The number of ether oxygens (including phenoxy) is 3. The summed E-state index contributed by atoms with van der Waals surface area (Å²) in [5.41, 5.74) is 2.77. The highest BCUT2D eigenvalue weighted by Gasteiger charge is 2.28. The van der Waals surface area contributed by atoms with Crippen LogP contribution in [0.2, 0.25) is 0 Å². The largest absolute Gasteiger partial charge is 0.493 e. The number of esters is 1. The topological polar surface area (TPSA) is 78.2 Å². The average Bonchev–Trinajstić information content (AvgIpc) is 3.40. The molecule has 2 heterocycles. The lowest BCUT2D eigenvalue weighted by molar-refractivity contribution is 0.0703. The molecule has 0 saturated heterocycles. The molecule has 0 fully saturated rings. The van der Waals surface area contributed by atoms with Crippen LogP contribution in [0.3, 0.4) is 0 Å². The highest BCUT2D eigenvalue weighted by atomic mass is 16.6. The number of anilines is 1. The van der Waals surface area contributed by atoms with Gasteiger partial charge in [0, 0.05) is 31.2 Å². The Morgan fingerprint density at radius 1 is 1.00 bits per heavy atom. The highest BCUT2D eigenvalue weighted by Crippen LogP contribution is 2.35. The molecule has 0 N–H and O–H groups in total. The van der Waals surface area contributed by atoms with Crippen LogP contribution in [0.25, 0.3) is 17.0 Å². The third kappa shape index (κ3) is 3.88. The number of allylic oxidation sites excluding steroid dienone is 1. The van der Waals surface area contributed by atoms with E-state index in [1.165, 1.54) is 13.2 Å². The number of ketones is 1. The first-order chi connectivity index (χ1) is 16.4. The number of fused-ring (bicyclic) bond motifs is 2. The lowest BCUT2D eigenvalue weighted by Gasteiger charge is -2.11. The minimum atomic E-state index is -0.667. The van der Waals surface area contributed by atoms with E-state index < -0.39 is 5.97 Å². The van der Waals surface area contributed by atoms with Crippen LogP contribution >= 0.6 is 0 Å². The van der Waals surface area contributed by atoms with E-state index in [0.717, 1.165) is 16.6 Å². The number of Topliss-reactive ketones (excluding diaryl/α,β-unsaturated/α-hetero) is 1. The van der Waals surface area contributed by atoms with Crippen LogP contribution in [0.4, 0.5) is 5.69 Å². The number of benzene rings is 3. The lowest BCUT2D eigenvalue weighted by Crippen LogP contribution is -2.08. The fourth-order valence-corrected chi connectivity index (χ4v) is 3.71. The molecular formula is C27H21NO6. The van der Waals surface area contributed by atoms with Gasteiger partial charge in [0.15, 0.2) is 17.1 Å².